The van der Waals surface area contributed by atoms with Gasteiger partial charge in [0.2, 0.25) is 17.7 Å². The lowest BCUT2D eigenvalue weighted by Gasteiger charge is -2.37. The highest BCUT2D eigenvalue weighted by atomic mass is 79.9. The summed E-state index contributed by atoms with van der Waals surface area (Å²) >= 11 is 3.71. The molecule has 3 fully saturated rings. The van der Waals surface area contributed by atoms with Crippen LogP contribution in [-0.2, 0) is 25.7 Å². The Labute approximate surface area is 244 Å². The van der Waals surface area contributed by atoms with Crippen molar-refractivity contribution in [1.82, 2.24) is 10.2 Å². The van der Waals surface area contributed by atoms with E-state index in [9.17, 15) is 19.5 Å². The molecule has 8 nitrogen and oxygen atoms in total. The maximum Gasteiger partial charge on any atom is 0.250 e. The van der Waals surface area contributed by atoms with Crippen LogP contribution in [0.1, 0.15) is 43.4 Å². The Bertz CT molecular complexity index is 1290. The number of rotatable bonds is 9. The summed E-state index contributed by atoms with van der Waals surface area (Å²) in [6.07, 6.45) is 0.391. The topological polar surface area (TPSA) is 108 Å². The molecule has 0 saturated carbocycles. The monoisotopic (exact) mass is 611 g/mol. The van der Waals surface area contributed by atoms with Crippen molar-refractivity contribution in [2.75, 3.05) is 11.9 Å². The fourth-order valence-electron chi connectivity index (χ4n) is 6.85. The zero-order chi connectivity index (χ0) is 28.8. The molecular weight excluding hydrogens is 574 g/mol. The maximum absolute atomic E-state index is 14.3. The molecule has 2 aromatic rings. The quantitative estimate of drug-likeness (QED) is 0.375. The van der Waals surface area contributed by atoms with Crippen LogP contribution in [0.3, 0.4) is 0 Å². The molecule has 3 aliphatic heterocycles. The van der Waals surface area contributed by atoms with Gasteiger partial charge in [0.25, 0.3) is 0 Å². The number of hydrogen-bond donors (Lipinski definition) is 3. The van der Waals surface area contributed by atoms with Gasteiger partial charge in [0.05, 0.1) is 30.6 Å². The highest BCUT2D eigenvalue weighted by Gasteiger charge is 2.77. The first-order valence-electron chi connectivity index (χ1n) is 14.0. The number of amides is 3. The van der Waals surface area contributed by atoms with Crippen molar-refractivity contribution < 1.29 is 24.2 Å². The van der Waals surface area contributed by atoms with E-state index >= 15 is 0 Å². The first kappa shape index (κ1) is 28.8. The standard InChI is InChI=1S/C31H38BrN3O5/c1-17(2)12-21(16-36)35-27(29(38)34-23-13-18(3)10-11-19(23)4)31-14-22(32)26(40-31)24(25(31)30(35)39)28(37)33-15-20-8-6-5-7-9-20/h5-11,13,17,21-22,24-27,36H,12,14-16H2,1-4H3,(H,33,37)(H,34,38)/t21-,22?,24-,25+,26-,27?,31?/m1/s1. The molecule has 0 aromatic heterocycles. The lowest BCUT2D eigenvalue weighted by atomic mass is 9.70. The van der Waals surface area contributed by atoms with Gasteiger partial charge in [-0.05, 0) is 55.4 Å². The minimum atomic E-state index is -1.18. The summed E-state index contributed by atoms with van der Waals surface area (Å²) in [4.78, 5) is 43.5. The summed E-state index contributed by atoms with van der Waals surface area (Å²) in [5, 5.41) is 16.5. The van der Waals surface area contributed by atoms with Gasteiger partial charge in [0, 0.05) is 17.1 Å². The normalized spacial score (nSPS) is 29.5. The number of alkyl halides is 1. The van der Waals surface area contributed by atoms with E-state index < -0.39 is 35.6 Å². The van der Waals surface area contributed by atoms with Gasteiger partial charge in [-0.15, -0.1) is 0 Å². The molecule has 3 saturated heterocycles. The van der Waals surface area contributed by atoms with Gasteiger partial charge < -0.3 is 25.4 Å². The van der Waals surface area contributed by atoms with Gasteiger partial charge in [-0.2, -0.15) is 0 Å². The Balaban J connectivity index is 1.51. The predicted molar refractivity (Wildman–Crippen MR) is 156 cm³/mol. The van der Waals surface area contributed by atoms with E-state index in [4.69, 9.17) is 4.74 Å². The number of aryl methyl sites for hydroxylation is 2. The Morgan fingerprint density at radius 1 is 1.15 bits per heavy atom. The van der Waals surface area contributed by atoms with E-state index in [0.29, 0.717) is 25.1 Å². The van der Waals surface area contributed by atoms with Crippen LogP contribution in [0, 0.1) is 31.6 Å². The Morgan fingerprint density at radius 3 is 2.55 bits per heavy atom. The number of likely N-dealkylation sites (tertiary alicyclic amines) is 1. The summed E-state index contributed by atoms with van der Waals surface area (Å²) < 4.78 is 6.59. The van der Waals surface area contributed by atoms with E-state index in [2.05, 4.69) is 26.6 Å². The average molecular weight is 613 g/mol. The first-order valence-corrected chi connectivity index (χ1v) is 14.9. The van der Waals surface area contributed by atoms with Crippen molar-refractivity contribution >= 4 is 39.3 Å². The Morgan fingerprint density at radius 2 is 1.88 bits per heavy atom. The zero-order valence-electron chi connectivity index (χ0n) is 23.4. The van der Waals surface area contributed by atoms with Crippen molar-refractivity contribution in [2.24, 2.45) is 17.8 Å². The predicted octanol–water partition coefficient (Wildman–Crippen LogP) is 3.71. The molecular formula is C31H38BrN3O5. The van der Waals surface area contributed by atoms with Gasteiger partial charge in [-0.3, -0.25) is 14.4 Å². The molecule has 3 unspecified atom stereocenters. The SMILES string of the molecule is Cc1ccc(C)c(NC(=O)C2N([C@@H](CO)CC(C)C)C(=O)[C@@H]3[C@@H](C(=O)NCc4ccccc4)[C@@H]4OC23CC4Br)c1. The minimum absolute atomic E-state index is 0.178. The molecule has 3 heterocycles. The second-order valence-corrected chi connectivity index (χ2v) is 13.1. The number of aliphatic hydroxyl groups is 1. The number of anilines is 1. The zero-order valence-corrected chi connectivity index (χ0v) is 25.0. The highest BCUT2D eigenvalue weighted by molar-refractivity contribution is 9.09. The number of benzene rings is 2. The lowest BCUT2D eigenvalue weighted by molar-refractivity contribution is -0.144. The van der Waals surface area contributed by atoms with Crippen LogP contribution in [0.15, 0.2) is 48.5 Å². The van der Waals surface area contributed by atoms with Crippen molar-refractivity contribution in [3.63, 3.8) is 0 Å². The third-order valence-electron chi connectivity index (χ3n) is 8.59. The fourth-order valence-corrected chi connectivity index (χ4v) is 7.80. The third-order valence-corrected chi connectivity index (χ3v) is 9.43. The number of halogens is 1. The molecule has 0 radical (unpaired) electrons. The molecule has 7 atom stereocenters. The second kappa shape index (κ2) is 11.3. The number of aliphatic hydroxyl groups excluding tert-OH is 1. The van der Waals surface area contributed by atoms with E-state index in [1.807, 2.05) is 76.2 Å². The number of carbonyl (C=O) groups is 3. The minimum Gasteiger partial charge on any atom is -0.394 e. The summed E-state index contributed by atoms with van der Waals surface area (Å²) in [5.74, 6) is -2.33. The van der Waals surface area contributed by atoms with Crippen molar-refractivity contribution in [3.05, 3.63) is 65.2 Å². The number of hydrogen-bond acceptors (Lipinski definition) is 5. The first-order chi connectivity index (χ1) is 19.1. The molecule has 3 aliphatic rings. The summed E-state index contributed by atoms with van der Waals surface area (Å²) in [5.41, 5.74) is 2.34. The number of nitrogens with zero attached hydrogens (tertiary/aromatic N) is 1. The van der Waals surface area contributed by atoms with Crippen LogP contribution in [0.25, 0.3) is 0 Å². The smallest absolute Gasteiger partial charge is 0.250 e. The van der Waals surface area contributed by atoms with Gasteiger partial charge in [-0.25, -0.2) is 0 Å². The van der Waals surface area contributed by atoms with E-state index in [1.165, 1.54) is 4.90 Å². The van der Waals surface area contributed by atoms with Crippen LogP contribution < -0.4 is 10.6 Å². The fraction of sp³-hybridized carbons (Fsp3) is 0.516. The number of fused-ring (bicyclic) bond motifs is 1. The second-order valence-electron chi connectivity index (χ2n) is 11.9. The Kier molecular flexibility index (Phi) is 8.10. The van der Waals surface area contributed by atoms with Crippen LogP contribution in [0.2, 0.25) is 0 Å². The van der Waals surface area contributed by atoms with E-state index in [0.717, 1.165) is 16.7 Å². The lowest BCUT2D eigenvalue weighted by Crippen LogP contribution is -2.57. The third kappa shape index (κ3) is 4.97. The molecule has 3 N–H and O–H groups in total. The van der Waals surface area contributed by atoms with Gasteiger partial charge in [0.1, 0.15) is 11.6 Å². The van der Waals surface area contributed by atoms with E-state index in [1.54, 1.807) is 0 Å². The van der Waals surface area contributed by atoms with Crippen LogP contribution >= 0.6 is 15.9 Å². The molecule has 9 heteroatoms. The molecule has 1 spiro atoms. The summed E-state index contributed by atoms with van der Waals surface area (Å²) in [6.45, 7) is 7.95. The molecule has 2 aromatic carbocycles. The van der Waals surface area contributed by atoms with Gasteiger partial charge >= 0.3 is 0 Å². The molecule has 3 amide bonds. The van der Waals surface area contributed by atoms with Crippen LogP contribution in [0.5, 0.6) is 0 Å². The maximum atomic E-state index is 14.3. The van der Waals surface area contributed by atoms with Gasteiger partial charge in [0.15, 0.2) is 0 Å². The summed E-state index contributed by atoms with van der Waals surface area (Å²) in [7, 11) is 0. The van der Waals surface area contributed by atoms with Crippen LogP contribution in [-0.4, -0.2) is 63.0 Å². The molecule has 0 aliphatic carbocycles. The summed E-state index contributed by atoms with van der Waals surface area (Å²) in [6, 6.07) is 13.9. The average Bonchev–Trinajstić information content (AvgIpc) is 3.51. The van der Waals surface area contributed by atoms with Crippen molar-refractivity contribution in [3.8, 4) is 0 Å². The highest BCUT2D eigenvalue weighted by Crippen LogP contribution is 2.60. The largest absolute Gasteiger partial charge is 0.394 e. The molecule has 40 heavy (non-hydrogen) atoms. The van der Waals surface area contributed by atoms with Gasteiger partial charge in [-0.1, -0.05) is 72.2 Å². The van der Waals surface area contributed by atoms with Crippen molar-refractivity contribution in [1.29, 1.82) is 0 Å². The molecule has 214 valence electrons. The van der Waals surface area contributed by atoms with E-state index in [-0.39, 0.29) is 35.1 Å². The number of nitrogens with one attached hydrogen (secondary N) is 2. The van der Waals surface area contributed by atoms with Crippen LogP contribution in [0.4, 0.5) is 5.69 Å². The van der Waals surface area contributed by atoms with Crippen molar-refractivity contribution in [2.45, 2.75) is 75.7 Å². The Hall–Kier alpha value is -2.75. The number of carbonyl (C=O) groups excluding carboxylic acids is 3. The number of ether oxygens (including phenoxy) is 1. The molecule has 5 rings (SSSR count). The molecule has 2 bridgehead atoms.